The first-order chi connectivity index (χ1) is 11.2. The first kappa shape index (κ1) is 18.1. The molecule has 5 nitrogen and oxygen atoms in total. The van der Waals surface area contributed by atoms with Gasteiger partial charge in [-0.25, -0.2) is 0 Å². The number of ether oxygens (including phenoxy) is 1. The molecule has 3 rings (SSSR count). The fourth-order valence-electron chi connectivity index (χ4n) is 2.88. The van der Waals surface area contributed by atoms with E-state index in [2.05, 4.69) is 0 Å². The van der Waals surface area contributed by atoms with E-state index in [1.165, 1.54) is 4.90 Å². The predicted octanol–water partition coefficient (Wildman–Crippen LogP) is -1.92. The summed E-state index contributed by atoms with van der Waals surface area (Å²) in [4.78, 5) is 15.8. The quantitative estimate of drug-likeness (QED) is 0.636. The largest absolute Gasteiger partial charge is 1.00 e. The van der Waals surface area contributed by atoms with Gasteiger partial charge in [0.05, 0.1) is 33.3 Å². The number of quaternary nitrogens is 1. The van der Waals surface area contributed by atoms with Crippen molar-refractivity contribution < 1.29 is 31.9 Å². The standard InChI is InChI=1S/C18H20N2O3.ClH/c1-23-17-8-2-14(3-9-17)18(22)20-12-10-19(11-13-20)15-4-6-16(21)7-5-15;/h2-9,21H,10-13H2,1H3;1H. The van der Waals surface area contributed by atoms with Crippen LogP contribution in [-0.2, 0) is 0 Å². The fourth-order valence-corrected chi connectivity index (χ4v) is 2.88. The van der Waals surface area contributed by atoms with Crippen LogP contribution >= 0.6 is 0 Å². The number of amides is 1. The molecule has 6 heteroatoms. The van der Waals surface area contributed by atoms with Gasteiger partial charge in [0.2, 0.25) is 0 Å². The number of rotatable bonds is 3. The average Bonchev–Trinajstić information content (AvgIpc) is 2.62. The van der Waals surface area contributed by atoms with Crippen LogP contribution in [0.4, 0.5) is 5.69 Å². The molecule has 1 aliphatic heterocycles. The Morgan fingerprint density at radius 2 is 1.62 bits per heavy atom. The maximum atomic E-state index is 12.5. The van der Waals surface area contributed by atoms with Crippen LogP contribution in [0.5, 0.6) is 11.5 Å². The minimum atomic E-state index is 0. The summed E-state index contributed by atoms with van der Waals surface area (Å²) in [5.74, 6) is 1.10. The van der Waals surface area contributed by atoms with Crippen molar-refractivity contribution in [3.05, 3.63) is 54.1 Å². The number of nitrogens with zero attached hydrogens (tertiary/aromatic N) is 1. The summed E-state index contributed by atoms with van der Waals surface area (Å²) in [6, 6.07) is 14.5. The Balaban J connectivity index is 0.00000208. The number of halogens is 1. The summed E-state index contributed by atoms with van der Waals surface area (Å²) < 4.78 is 5.12. The molecule has 1 fully saturated rings. The zero-order chi connectivity index (χ0) is 16.2. The Morgan fingerprint density at radius 1 is 1.04 bits per heavy atom. The molecule has 1 amide bonds. The topological polar surface area (TPSA) is 54.2 Å². The van der Waals surface area contributed by atoms with Crippen LogP contribution in [0.1, 0.15) is 10.4 Å². The zero-order valence-corrected chi connectivity index (χ0v) is 14.3. The van der Waals surface area contributed by atoms with Crippen LogP contribution in [0.25, 0.3) is 0 Å². The average molecular weight is 349 g/mol. The summed E-state index contributed by atoms with van der Waals surface area (Å²) in [6.45, 7) is 3.18. The molecule has 0 spiro atoms. The number of carbonyl (C=O) groups excluding carboxylic acids is 1. The lowest BCUT2D eigenvalue weighted by molar-refractivity contribution is -0.837. The highest BCUT2D eigenvalue weighted by atomic mass is 35.5. The van der Waals surface area contributed by atoms with Crippen molar-refractivity contribution in [1.29, 1.82) is 0 Å². The van der Waals surface area contributed by atoms with E-state index in [0.717, 1.165) is 37.6 Å². The number of hydrogen-bond donors (Lipinski definition) is 2. The Labute approximate surface area is 147 Å². The van der Waals surface area contributed by atoms with Crippen LogP contribution in [0.3, 0.4) is 0 Å². The van der Waals surface area contributed by atoms with Crippen molar-refractivity contribution >= 4 is 11.6 Å². The van der Waals surface area contributed by atoms with Gasteiger partial charge in [-0.3, -0.25) is 9.69 Å². The van der Waals surface area contributed by atoms with E-state index in [0.29, 0.717) is 5.56 Å². The van der Waals surface area contributed by atoms with Gasteiger partial charge in [-0.15, -0.1) is 0 Å². The van der Waals surface area contributed by atoms with Crippen molar-refractivity contribution in [3.63, 3.8) is 0 Å². The number of carbonyl (C=O) groups is 1. The van der Waals surface area contributed by atoms with E-state index in [9.17, 15) is 9.90 Å². The molecule has 1 saturated heterocycles. The van der Waals surface area contributed by atoms with Crippen LogP contribution in [0.15, 0.2) is 48.5 Å². The number of piperazine rings is 1. The molecular formula is C18H21ClN2O3. The Bertz CT molecular complexity index is 666. The van der Waals surface area contributed by atoms with Crippen molar-refractivity contribution in [2.24, 2.45) is 0 Å². The molecule has 2 N–H and O–H groups in total. The van der Waals surface area contributed by atoms with Gasteiger partial charge < -0.3 is 27.2 Å². The smallest absolute Gasteiger partial charge is 0.254 e. The molecule has 24 heavy (non-hydrogen) atoms. The molecule has 0 radical (unpaired) electrons. The lowest BCUT2D eigenvalue weighted by Gasteiger charge is -2.32. The summed E-state index contributed by atoms with van der Waals surface area (Å²) in [7, 11) is 1.61. The number of methoxy groups -OCH3 is 1. The van der Waals surface area contributed by atoms with Gasteiger partial charge in [0.25, 0.3) is 5.91 Å². The molecule has 1 heterocycles. The van der Waals surface area contributed by atoms with Crippen LogP contribution < -0.4 is 22.0 Å². The van der Waals surface area contributed by atoms with Crippen molar-refractivity contribution in [2.45, 2.75) is 0 Å². The number of phenols is 1. The van der Waals surface area contributed by atoms with Gasteiger partial charge in [0.15, 0.2) is 0 Å². The second kappa shape index (κ2) is 8.04. The van der Waals surface area contributed by atoms with Gasteiger partial charge in [0.1, 0.15) is 17.2 Å². The van der Waals surface area contributed by atoms with Gasteiger partial charge in [0, 0.05) is 17.7 Å². The molecule has 0 aromatic heterocycles. The molecule has 0 saturated carbocycles. The third kappa shape index (κ3) is 3.99. The predicted molar refractivity (Wildman–Crippen MR) is 87.4 cm³/mol. The SMILES string of the molecule is COc1ccc(C(=O)N2CC[NH+](c3ccc(O)cc3)CC2)cc1.[Cl-]. The lowest BCUT2D eigenvalue weighted by Crippen LogP contribution is -3.10. The van der Waals surface area contributed by atoms with Crippen LogP contribution in [0.2, 0.25) is 0 Å². The zero-order valence-electron chi connectivity index (χ0n) is 13.5. The summed E-state index contributed by atoms with van der Waals surface area (Å²) >= 11 is 0. The van der Waals surface area contributed by atoms with E-state index in [1.54, 1.807) is 31.4 Å². The number of benzene rings is 2. The first-order valence-electron chi connectivity index (χ1n) is 7.75. The minimum absolute atomic E-state index is 0. The second-order valence-electron chi connectivity index (χ2n) is 5.67. The molecule has 0 unspecified atom stereocenters. The lowest BCUT2D eigenvalue weighted by atomic mass is 10.1. The number of phenolic OH excluding ortho intramolecular Hbond substituents is 1. The monoisotopic (exact) mass is 348 g/mol. The highest BCUT2D eigenvalue weighted by Crippen LogP contribution is 2.14. The Kier molecular flexibility index (Phi) is 6.06. The van der Waals surface area contributed by atoms with Gasteiger partial charge >= 0.3 is 0 Å². The number of hydrogen-bond acceptors (Lipinski definition) is 3. The maximum absolute atomic E-state index is 12.5. The van der Waals surface area contributed by atoms with Gasteiger partial charge in [-0.05, 0) is 36.4 Å². The van der Waals surface area contributed by atoms with E-state index in [4.69, 9.17) is 4.74 Å². The van der Waals surface area contributed by atoms with Crippen molar-refractivity contribution in [1.82, 2.24) is 4.90 Å². The molecule has 0 bridgehead atoms. The van der Waals surface area contributed by atoms with Crippen molar-refractivity contribution in [2.75, 3.05) is 33.3 Å². The fraction of sp³-hybridized carbons (Fsp3) is 0.278. The highest BCUT2D eigenvalue weighted by molar-refractivity contribution is 5.94. The molecule has 2 aromatic carbocycles. The molecule has 1 aliphatic rings. The molecule has 128 valence electrons. The summed E-state index contributed by atoms with van der Waals surface area (Å²) in [5, 5.41) is 9.36. The Morgan fingerprint density at radius 3 is 2.17 bits per heavy atom. The van der Waals surface area contributed by atoms with Crippen LogP contribution in [-0.4, -0.2) is 49.2 Å². The third-order valence-corrected chi connectivity index (χ3v) is 4.27. The second-order valence-corrected chi connectivity index (χ2v) is 5.67. The molecule has 2 aromatic rings. The van der Waals surface area contributed by atoms with Crippen LogP contribution in [0, 0.1) is 0 Å². The van der Waals surface area contributed by atoms with E-state index in [-0.39, 0.29) is 24.1 Å². The molecule has 0 aliphatic carbocycles. The van der Waals surface area contributed by atoms with Gasteiger partial charge in [-0.2, -0.15) is 0 Å². The maximum Gasteiger partial charge on any atom is 0.254 e. The minimum Gasteiger partial charge on any atom is -1.00 e. The summed E-state index contributed by atoms with van der Waals surface area (Å²) in [6.07, 6.45) is 0. The first-order valence-corrected chi connectivity index (χ1v) is 7.75. The number of nitrogens with one attached hydrogen (secondary N) is 1. The number of aromatic hydroxyl groups is 1. The Hall–Kier alpha value is -2.24. The van der Waals surface area contributed by atoms with E-state index < -0.39 is 0 Å². The molecule has 0 atom stereocenters. The molecular weight excluding hydrogens is 328 g/mol. The highest BCUT2D eigenvalue weighted by Gasteiger charge is 2.25. The van der Waals surface area contributed by atoms with E-state index >= 15 is 0 Å². The third-order valence-electron chi connectivity index (χ3n) is 4.27. The van der Waals surface area contributed by atoms with Gasteiger partial charge in [-0.1, -0.05) is 0 Å². The van der Waals surface area contributed by atoms with Crippen molar-refractivity contribution in [3.8, 4) is 11.5 Å². The van der Waals surface area contributed by atoms with E-state index in [1.807, 2.05) is 29.2 Å². The summed E-state index contributed by atoms with van der Waals surface area (Å²) in [5.41, 5.74) is 1.85. The normalized spacial score (nSPS) is 14.8.